The standard InChI is InChI=1S/2C7H6O3.2Li/c2*8-6-4-2-1-3-5(6)7(9)10;;/h2*1-4,8H,(H,9,10);;/q;;2*+1/p-2. The molecule has 0 spiro atoms. The van der Waals surface area contributed by atoms with Gasteiger partial charge in [-0.05, 0) is 24.3 Å². The minimum absolute atomic E-state index is 0. The Morgan fingerprint density at radius 3 is 1.14 bits per heavy atom. The van der Waals surface area contributed by atoms with Crippen molar-refractivity contribution in [1.82, 2.24) is 0 Å². The SMILES string of the molecule is O=C([O-])c1ccccc1O.O=C([O-])c1ccccc1O.[Li+].[Li+]. The van der Waals surface area contributed by atoms with Crippen LogP contribution in [0.2, 0.25) is 0 Å². The quantitative estimate of drug-likeness (QED) is 0.530. The minimum atomic E-state index is -1.36. The smallest absolute Gasteiger partial charge is 0.545 e. The number of carbonyl (C=O) groups excluding carboxylic acids is 2. The summed E-state index contributed by atoms with van der Waals surface area (Å²) in [7, 11) is 0. The fourth-order valence-corrected chi connectivity index (χ4v) is 1.29. The number of carboxylic acids is 2. The number of aromatic hydroxyl groups is 2. The zero-order valence-corrected chi connectivity index (χ0v) is 12.1. The first kappa shape index (κ1) is 22.5. The summed E-state index contributed by atoms with van der Waals surface area (Å²) in [6.07, 6.45) is 0. The molecular formula is C14H10Li2O6. The summed E-state index contributed by atoms with van der Waals surface area (Å²) in [6, 6.07) is 11.3. The topological polar surface area (TPSA) is 121 Å². The van der Waals surface area contributed by atoms with Crippen molar-refractivity contribution in [2.75, 3.05) is 0 Å². The second kappa shape index (κ2) is 10.8. The van der Waals surface area contributed by atoms with E-state index < -0.39 is 11.9 Å². The number of rotatable bonds is 2. The Labute approximate surface area is 150 Å². The maximum atomic E-state index is 10.2. The fourth-order valence-electron chi connectivity index (χ4n) is 1.29. The van der Waals surface area contributed by atoms with Crippen molar-refractivity contribution in [3.05, 3.63) is 59.7 Å². The molecule has 0 saturated heterocycles. The van der Waals surface area contributed by atoms with Crippen molar-refractivity contribution in [3.63, 3.8) is 0 Å². The van der Waals surface area contributed by atoms with Crippen LogP contribution in [0, 0.1) is 0 Å². The second-order valence-corrected chi connectivity index (χ2v) is 3.61. The van der Waals surface area contributed by atoms with Gasteiger partial charge in [-0.15, -0.1) is 0 Å². The van der Waals surface area contributed by atoms with E-state index in [0.717, 1.165) is 0 Å². The molecule has 6 nitrogen and oxygen atoms in total. The van der Waals surface area contributed by atoms with E-state index in [4.69, 9.17) is 10.2 Å². The van der Waals surface area contributed by atoms with E-state index in [1.807, 2.05) is 0 Å². The van der Waals surface area contributed by atoms with Crippen molar-refractivity contribution in [2.24, 2.45) is 0 Å². The Kier molecular flexibility index (Phi) is 11.1. The van der Waals surface area contributed by atoms with Crippen molar-refractivity contribution in [3.8, 4) is 11.5 Å². The van der Waals surface area contributed by atoms with Crippen molar-refractivity contribution in [1.29, 1.82) is 0 Å². The number of phenols is 2. The Balaban J connectivity index is 0. The van der Waals surface area contributed by atoms with Crippen LogP contribution in [-0.4, -0.2) is 22.2 Å². The van der Waals surface area contributed by atoms with Gasteiger partial charge in [0, 0.05) is 11.1 Å². The van der Waals surface area contributed by atoms with Crippen molar-refractivity contribution >= 4 is 11.9 Å². The molecule has 0 amide bonds. The number of benzene rings is 2. The van der Waals surface area contributed by atoms with Crippen LogP contribution in [0.3, 0.4) is 0 Å². The van der Waals surface area contributed by atoms with E-state index in [1.54, 1.807) is 12.1 Å². The van der Waals surface area contributed by atoms with Crippen molar-refractivity contribution < 1.29 is 67.7 Å². The molecule has 0 aliphatic carbocycles. The molecule has 2 rings (SSSR count). The Morgan fingerprint density at radius 2 is 0.955 bits per heavy atom. The van der Waals surface area contributed by atoms with Crippen LogP contribution in [0.4, 0.5) is 0 Å². The molecule has 104 valence electrons. The molecule has 0 unspecified atom stereocenters. The first-order valence-corrected chi connectivity index (χ1v) is 5.42. The van der Waals surface area contributed by atoms with Crippen LogP contribution in [0.1, 0.15) is 20.7 Å². The largest absolute Gasteiger partial charge is 1.00 e. The third-order valence-corrected chi connectivity index (χ3v) is 2.25. The summed E-state index contributed by atoms with van der Waals surface area (Å²) < 4.78 is 0. The molecule has 0 fully saturated rings. The summed E-state index contributed by atoms with van der Waals surface area (Å²) in [5.74, 6) is -3.25. The molecule has 2 aromatic rings. The van der Waals surface area contributed by atoms with E-state index in [2.05, 4.69) is 0 Å². The summed E-state index contributed by atoms with van der Waals surface area (Å²) in [4.78, 5) is 20.3. The van der Waals surface area contributed by atoms with Crippen molar-refractivity contribution in [2.45, 2.75) is 0 Å². The number of para-hydroxylation sites is 2. The van der Waals surface area contributed by atoms with E-state index >= 15 is 0 Å². The number of carbonyl (C=O) groups is 2. The van der Waals surface area contributed by atoms with E-state index in [-0.39, 0.29) is 60.3 Å². The molecule has 8 heteroatoms. The van der Waals surface area contributed by atoms with Crippen LogP contribution >= 0.6 is 0 Å². The summed E-state index contributed by atoms with van der Waals surface area (Å²) in [6.45, 7) is 0. The molecule has 2 aromatic carbocycles. The van der Waals surface area contributed by atoms with Crippen LogP contribution in [-0.2, 0) is 0 Å². The molecule has 22 heavy (non-hydrogen) atoms. The number of hydrogen-bond donors (Lipinski definition) is 2. The monoisotopic (exact) mass is 288 g/mol. The Bertz CT molecular complexity index is 575. The predicted molar refractivity (Wildman–Crippen MR) is 64.9 cm³/mol. The van der Waals surface area contributed by atoms with Gasteiger partial charge in [0.05, 0.1) is 11.9 Å². The maximum absolute atomic E-state index is 10.2. The number of hydrogen-bond acceptors (Lipinski definition) is 6. The summed E-state index contributed by atoms with van der Waals surface area (Å²) in [5, 5.41) is 38.0. The van der Waals surface area contributed by atoms with Gasteiger partial charge in [0.15, 0.2) is 0 Å². The Hall–Kier alpha value is -1.83. The van der Waals surface area contributed by atoms with Gasteiger partial charge >= 0.3 is 37.7 Å². The molecule has 0 atom stereocenters. The summed E-state index contributed by atoms with van der Waals surface area (Å²) >= 11 is 0. The minimum Gasteiger partial charge on any atom is -0.545 e. The third kappa shape index (κ3) is 6.75. The average Bonchev–Trinajstić information content (AvgIpc) is 2.40. The Morgan fingerprint density at radius 1 is 0.682 bits per heavy atom. The van der Waals surface area contributed by atoms with Gasteiger partial charge in [0.1, 0.15) is 11.5 Å². The zero-order valence-electron chi connectivity index (χ0n) is 12.1. The van der Waals surface area contributed by atoms with Gasteiger partial charge in [0.25, 0.3) is 0 Å². The molecule has 0 saturated carbocycles. The summed E-state index contributed by atoms with van der Waals surface area (Å²) in [5.41, 5.74) is -0.356. The van der Waals surface area contributed by atoms with Gasteiger partial charge in [-0.2, -0.15) is 0 Å². The van der Waals surface area contributed by atoms with Crippen LogP contribution < -0.4 is 47.9 Å². The second-order valence-electron chi connectivity index (χ2n) is 3.61. The van der Waals surface area contributed by atoms with Crippen LogP contribution in [0.15, 0.2) is 48.5 Å². The number of aromatic carboxylic acids is 2. The fraction of sp³-hybridized carbons (Fsp3) is 0. The zero-order chi connectivity index (χ0) is 15.1. The van der Waals surface area contributed by atoms with E-state index in [9.17, 15) is 19.8 Å². The molecule has 0 aliphatic rings. The van der Waals surface area contributed by atoms with Gasteiger partial charge in [-0.1, -0.05) is 24.3 Å². The molecular weight excluding hydrogens is 278 g/mol. The molecule has 0 radical (unpaired) electrons. The van der Waals surface area contributed by atoms with Gasteiger partial charge in [-0.25, -0.2) is 0 Å². The van der Waals surface area contributed by atoms with Crippen LogP contribution in [0.25, 0.3) is 0 Å². The average molecular weight is 288 g/mol. The van der Waals surface area contributed by atoms with Gasteiger partial charge in [-0.3, -0.25) is 0 Å². The molecule has 0 heterocycles. The van der Waals surface area contributed by atoms with Gasteiger partial charge in [0.2, 0.25) is 0 Å². The maximum Gasteiger partial charge on any atom is 1.00 e. The van der Waals surface area contributed by atoms with E-state index in [1.165, 1.54) is 36.4 Å². The normalized spacial score (nSPS) is 8.36. The molecule has 0 aliphatic heterocycles. The molecule has 2 N–H and O–H groups in total. The predicted octanol–water partition coefficient (Wildman–Crippen LogP) is -6.48. The molecule has 0 aromatic heterocycles. The number of carboxylic acid groups (broad SMARTS) is 2. The van der Waals surface area contributed by atoms with E-state index in [0.29, 0.717) is 0 Å². The first-order chi connectivity index (χ1) is 9.43. The molecule has 0 bridgehead atoms. The first-order valence-electron chi connectivity index (χ1n) is 5.42. The third-order valence-electron chi connectivity index (χ3n) is 2.25. The van der Waals surface area contributed by atoms with Crippen LogP contribution in [0.5, 0.6) is 11.5 Å². The van der Waals surface area contributed by atoms with Gasteiger partial charge < -0.3 is 30.0 Å².